The van der Waals surface area contributed by atoms with Gasteiger partial charge in [-0.15, -0.1) is 0 Å². The maximum absolute atomic E-state index is 5.75. The average Bonchev–Trinajstić information content (AvgIpc) is 2.33. The van der Waals surface area contributed by atoms with Crippen LogP contribution in [0, 0.1) is 0 Å². The van der Waals surface area contributed by atoms with E-state index < -0.39 is 0 Å². The quantitative estimate of drug-likeness (QED) is 0.852. The van der Waals surface area contributed by atoms with Crippen LogP contribution in [0.2, 0.25) is 0 Å². The molecule has 2 aromatic rings. The van der Waals surface area contributed by atoms with Crippen molar-refractivity contribution in [3.63, 3.8) is 0 Å². The molecule has 0 aliphatic carbocycles. The normalized spacial score (nSPS) is 12.1. The van der Waals surface area contributed by atoms with Crippen molar-refractivity contribution in [3.05, 3.63) is 48.4 Å². The maximum atomic E-state index is 5.75. The van der Waals surface area contributed by atoms with Gasteiger partial charge in [0.05, 0.1) is 5.69 Å². The van der Waals surface area contributed by atoms with Gasteiger partial charge in [0.25, 0.3) is 0 Å². The number of rotatable bonds is 3. The van der Waals surface area contributed by atoms with Crippen LogP contribution in [0.3, 0.4) is 0 Å². The number of anilines is 1. The van der Waals surface area contributed by atoms with Gasteiger partial charge in [-0.3, -0.25) is 4.98 Å². The molecule has 0 spiro atoms. The highest BCUT2D eigenvalue weighted by Gasteiger charge is 2.09. The van der Waals surface area contributed by atoms with E-state index in [1.165, 1.54) is 0 Å². The Morgan fingerprint density at radius 2 is 1.94 bits per heavy atom. The number of ether oxygens (including phenoxy) is 1. The summed E-state index contributed by atoms with van der Waals surface area (Å²) in [7, 11) is 0. The van der Waals surface area contributed by atoms with Gasteiger partial charge in [-0.05, 0) is 36.8 Å². The fraction of sp³-hybridized carbons (Fsp3) is 0.167. The Hall–Kier alpha value is -2.10. The van der Waals surface area contributed by atoms with Crippen molar-refractivity contribution in [2.24, 2.45) is 0 Å². The Bertz CT molecular complexity index is 459. The summed E-state index contributed by atoms with van der Waals surface area (Å²) in [6, 6.07) is 7.36. The lowest BCUT2D eigenvalue weighted by molar-refractivity contribution is 0.219. The van der Waals surface area contributed by atoms with E-state index >= 15 is 0 Å². The lowest BCUT2D eigenvalue weighted by atomic mass is 10.2. The zero-order valence-corrected chi connectivity index (χ0v) is 9.00. The van der Waals surface area contributed by atoms with Gasteiger partial charge in [-0.25, -0.2) is 4.98 Å². The molecule has 4 heteroatoms. The fourth-order valence-electron chi connectivity index (χ4n) is 1.37. The second-order valence-corrected chi connectivity index (χ2v) is 3.44. The first kappa shape index (κ1) is 10.4. The van der Waals surface area contributed by atoms with E-state index in [1.54, 1.807) is 30.7 Å². The van der Waals surface area contributed by atoms with E-state index in [2.05, 4.69) is 9.97 Å². The summed E-state index contributed by atoms with van der Waals surface area (Å²) in [5.41, 5.74) is 7.33. The van der Waals surface area contributed by atoms with Crippen molar-refractivity contribution in [3.8, 4) is 5.88 Å². The van der Waals surface area contributed by atoms with Gasteiger partial charge in [0.15, 0.2) is 0 Å². The summed E-state index contributed by atoms with van der Waals surface area (Å²) in [5, 5.41) is 0. The zero-order valence-electron chi connectivity index (χ0n) is 9.00. The molecule has 0 aliphatic rings. The van der Waals surface area contributed by atoms with Crippen LogP contribution in [0.25, 0.3) is 0 Å². The highest BCUT2D eigenvalue weighted by molar-refractivity contribution is 5.47. The molecule has 0 bridgehead atoms. The van der Waals surface area contributed by atoms with Crippen LogP contribution in [0.1, 0.15) is 18.6 Å². The molecule has 0 saturated heterocycles. The van der Waals surface area contributed by atoms with E-state index in [0.29, 0.717) is 11.6 Å². The lowest BCUT2D eigenvalue weighted by Crippen LogP contribution is -2.06. The molecule has 0 fully saturated rings. The summed E-state index contributed by atoms with van der Waals surface area (Å²) in [5.74, 6) is 0.465. The van der Waals surface area contributed by atoms with Crippen molar-refractivity contribution in [2.45, 2.75) is 13.0 Å². The molecule has 0 radical (unpaired) electrons. The molecule has 0 aromatic carbocycles. The summed E-state index contributed by atoms with van der Waals surface area (Å²) < 4.78 is 5.67. The van der Waals surface area contributed by atoms with Gasteiger partial charge in [0.1, 0.15) is 6.10 Å². The molecule has 2 rings (SSSR count). The molecule has 0 saturated carbocycles. The SMILES string of the molecule is CC(Oc1ncccc1N)c1ccncc1. The van der Waals surface area contributed by atoms with Gasteiger partial charge in [0, 0.05) is 18.6 Å². The predicted molar refractivity (Wildman–Crippen MR) is 61.9 cm³/mol. The third kappa shape index (κ3) is 2.28. The minimum absolute atomic E-state index is 0.0970. The molecule has 1 atom stereocenters. The number of hydrogen-bond acceptors (Lipinski definition) is 4. The largest absolute Gasteiger partial charge is 0.468 e. The van der Waals surface area contributed by atoms with Crippen molar-refractivity contribution in [2.75, 3.05) is 5.73 Å². The highest BCUT2D eigenvalue weighted by atomic mass is 16.5. The van der Waals surface area contributed by atoms with E-state index in [9.17, 15) is 0 Å². The first-order valence-electron chi connectivity index (χ1n) is 5.04. The van der Waals surface area contributed by atoms with Gasteiger partial charge in [-0.1, -0.05) is 0 Å². The van der Waals surface area contributed by atoms with Crippen LogP contribution in [0.5, 0.6) is 5.88 Å². The van der Waals surface area contributed by atoms with Gasteiger partial charge in [0.2, 0.25) is 5.88 Å². The molecule has 0 aliphatic heterocycles. The Balaban J connectivity index is 2.14. The highest BCUT2D eigenvalue weighted by Crippen LogP contribution is 2.23. The van der Waals surface area contributed by atoms with Crippen molar-refractivity contribution in [1.29, 1.82) is 0 Å². The van der Waals surface area contributed by atoms with Crippen LogP contribution in [0.15, 0.2) is 42.9 Å². The van der Waals surface area contributed by atoms with E-state index in [0.717, 1.165) is 5.56 Å². The Morgan fingerprint density at radius 3 is 2.62 bits per heavy atom. The number of hydrogen-bond donors (Lipinski definition) is 1. The number of aromatic nitrogens is 2. The summed E-state index contributed by atoms with van der Waals surface area (Å²) in [6.45, 7) is 1.95. The molecule has 2 aromatic heterocycles. The van der Waals surface area contributed by atoms with E-state index in [-0.39, 0.29) is 6.10 Å². The van der Waals surface area contributed by atoms with Crippen LogP contribution < -0.4 is 10.5 Å². The smallest absolute Gasteiger partial charge is 0.237 e. The molecule has 2 N–H and O–H groups in total. The standard InChI is InChI=1S/C12H13N3O/c1-9(10-4-7-14-8-5-10)16-12-11(13)3-2-6-15-12/h2-9H,13H2,1H3. The Kier molecular flexibility index (Phi) is 3.00. The summed E-state index contributed by atoms with van der Waals surface area (Å²) >= 11 is 0. The van der Waals surface area contributed by atoms with Crippen LogP contribution >= 0.6 is 0 Å². The summed E-state index contributed by atoms with van der Waals surface area (Å²) in [4.78, 5) is 8.04. The average molecular weight is 215 g/mol. The lowest BCUT2D eigenvalue weighted by Gasteiger charge is -2.14. The molecule has 4 nitrogen and oxygen atoms in total. The van der Waals surface area contributed by atoms with Crippen molar-refractivity contribution >= 4 is 5.69 Å². The number of nitrogens with zero attached hydrogens (tertiary/aromatic N) is 2. The predicted octanol–water partition coefficient (Wildman–Crippen LogP) is 2.20. The number of pyridine rings is 2. The molecule has 2 heterocycles. The van der Waals surface area contributed by atoms with E-state index in [4.69, 9.17) is 10.5 Å². The minimum atomic E-state index is -0.0970. The van der Waals surface area contributed by atoms with Crippen molar-refractivity contribution in [1.82, 2.24) is 9.97 Å². The monoisotopic (exact) mass is 215 g/mol. The van der Waals surface area contributed by atoms with Gasteiger partial charge < -0.3 is 10.5 Å². The molecular formula is C12H13N3O. The zero-order chi connectivity index (χ0) is 11.4. The topological polar surface area (TPSA) is 61.0 Å². The Labute approximate surface area is 94.1 Å². The second-order valence-electron chi connectivity index (χ2n) is 3.44. The second kappa shape index (κ2) is 4.61. The van der Waals surface area contributed by atoms with Crippen LogP contribution in [0.4, 0.5) is 5.69 Å². The number of nitrogens with two attached hydrogens (primary N) is 1. The third-order valence-corrected chi connectivity index (χ3v) is 2.26. The summed E-state index contributed by atoms with van der Waals surface area (Å²) in [6.07, 6.45) is 5.03. The van der Waals surface area contributed by atoms with Crippen LogP contribution in [-0.2, 0) is 0 Å². The molecule has 0 amide bonds. The molecule has 82 valence electrons. The first-order valence-corrected chi connectivity index (χ1v) is 5.04. The third-order valence-electron chi connectivity index (χ3n) is 2.26. The fourth-order valence-corrected chi connectivity index (χ4v) is 1.37. The van der Waals surface area contributed by atoms with Crippen molar-refractivity contribution < 1.29 is 4.74 Å². The van der Waals surface area contributed by atoms with Crippen LogP contribution in [-0.4, -0.2) is 9.97 Å². The minimum Gasteiger partial charge on any atom is -0.468 e. The molecular weight excluding hydrogens is 202 g/mol. The first-order chi connectivity index (χ1) is 7.77. The molecule has 16 heavy (non-hydrogen) atoms. The molecule has 1 unspecified atom stereocenters. The number of nitrogen functional groups attached to an aromatic ring is 1. The maximum Gasteiger partial charge on any atom is 0.237 e. The van der Waals surface area contributed by atoms with Gasteiger partial charge >= 0.3 is 0 Å². The Morgan fingerprint density at radius 1 is 1.19 bits per heavy atom. The van der Waals surface area contributed by atoms with Gasteiger partial charge in [-0.2, -0.15) is 0 Å². The van der Waals surface area contributed by atoms with E-state index in [1.807, 2.05) is 19.1 Å².